The number of methoxy groups -OCH3 is 1. The maximum atomic E-state index is 11.7. The summed E-state index contributed by atoms with van der Waals surface area (Å²) in [5, 5.41) is 5.64. The molecule has 0 saturated carbocycles. The van der Waals surface area contributed by atoms with Crippen LogP contribution in [0.15, 0.2) is 51.0 Å². The first-order valence-electron chi connectivity index (χ1n) is 7.55. The molecule has 1 amide bonds. The summed E-state index contributed by atoms with van der Waals surface area (Å²) in [6.45, 7) is 0.392. The highest BCUT2D eigenvalue weighted by Crippen LogP contribution is 2.31. The van der Waals surface area contributed by atoms with Gasteiger partial charge in [-0.2, -0.15) is 0 Å². The minimum Gasteiger partial charge on any atom is -0.493 e. The van der Waals surface area contributed by atoms with Crippen LogP contribution in [0, 0.1) is 0 Å². The third-order valence-corrected chi connectivity index (χ3v) is 5.05. The van der Waals surface area contributed by atoms with Gasteiger partial charge >= 0.3 is 0 Å². The van der Waals surface area contributed by atoms with Crippen molar-refractivity contribution in [1.29, 1.82) is 0 Å². The monoisotopic (exact) mass is 496 g/mol. The molecular weight excluding hydrogens is 484 g/mol. The molecule has 0 spiro atoms. The Morgan fingerprint density at radius 2 is 1.92 bits per heavy atom. The molecule has 2 aromatic carbocycles. The summed E-state index contributed by atoms with van der Waals surface area (Å²) in [6.07, 6.45) is 1.70. The first-order valence-corrected chi connectivity index (χ1v) is 9.54. The lowest BCUT2D eigenvalue weighted by atomic mass is 10.1. The summed E-state index contributed by atoms with van der Waals surface area (Å²) in [4.78, 5) is 11.7. The average molecular weight is 498 g/mol. The number of carbonyl (C=O) groups excluding carboxylic acids is 1. The molecule has 0 aliphatic carbocycles. The molecule has 134 valence electrons. The molecular formula is C18H14Br2N2O3S. The van der Waals surface area contributed by atoms with E-state index in [1.807, 2.05) is 30.3 Å². The summed E-state index contributed by atoms with van der Waals surface area (Å²) in [6, 6.07) is 11.4. The van der Waals surface area contributed by atoms with Crippen LogP contribution < -0.4 is 20.1 Å². The van der Waals surface area contributed by atoms with Crippen LogP contribution in [0.1, 0.15) is 11.1 Å². The van der Waals surface area contributed by atoms with Gasteiger partial charge < -0.3 is 14.8 Å². The lowest BCUT2D eigenvalue weighted by molar-refractivity contribution is -0.115. The quantitative estimate of drug-likeness (QED) is 0.480. The second-order valence-corrected chi connectivity index (χ2v) is 7.58. The Morgan fingerprint density at radius 3 is 2.58 bits per heavy atom. The Bertz CT molecular complexity index is 915. The number of amides is 1. The highest BCUT2D eigenvalue weighted by Gasteiger charge is 2.20. The molecule has 8 heteroatoms. The van der Waals surface area contributed by atoms with E-state index in [9.17, 15) is 4.79 Å². The number of nitrogens with one attached hydrogen (secondary N) is 2. The fourth-order valence-electron chi connectivity index (χ4n) is 2.34. The molecule has 2 aromatic rings. The van der Waals surface area contributed by atoms with Gasteiger partial charge in [-0.05, 0) is 48.1 Å². The Balaban J connectivity index is 1.77. The molecule has 1 aliphatic heterocycles. The van der Waals surface area contributed by atoms with Gasteiger partial charge in [-0.25, -0.2) is 0 Å². The zero-order valence-electron chi connectivity index (χ0n) is 13.6. The van der Waals surface area contributed by atoms with Crippen molar-refractivity contribution < 1.29 is 14.3 Å². The highest BCUT2D eigenvalue weighted by atomic mass is 79.9. The predicted octanol–water partition coefficient (Wildman–Crippen LogP) is 4.14. The summed E-state index contributed by atoms with van der Waals surface area (Å²) >= 11 is 11.9. The van der Waals surface area contributed by atoms with E-state index in [2.05, 4.69) is 42.5 Å². The van der Waals surface area contributed by atoms with Crippen LogP contribution in [0.4, 0.5) is 0 Å². The van der Waals surface area contributed by atoms with E-state index in [4.69, 9.17) is 21.7 Å². The molecule has 26 heavy (non-hydrogen) atoms. The molecule has 0 aromatic heterocycles. The zero-order valence-corrected chi connectivity index (χ0v) is 17.6. The number of rotatable bonds is 5. The van der Waals surface area contributed by atoms with E-state index in [0.29, 0.717) is 28.9 Å². The van der Waals surface area contributed by atoms with Gasteiger partial charge in [-0.3, -0.25) is 10.1 Å². The predicted molar refractivity (Wildman–Crippen MR) is 111 cm³/mol. The van der Waals surface area contributed by atoms with Crippen LogP contribution >= 0.6 is 44.1 Å². The van der Waals surface area contributed by atoms with Crippen LogP contribution in [-0.2, 0) is 11.4 Å². The van der Waals surface area contributed by atoms with Crippen molar-refractivity contribution in [2.24, 2.45) is 0 Å². The molecule has 1 heterocycles. The second kappa shape index (κ2) is 8.20. The Hall–Kier alpha value is -1.90. The smallest absolute Gasteiger partial charge is 0.273 e. The van der Waals surface area contributed by atoms with E-state index >= 15 is 0 Å². The van der Waals surface area contributed by atoms with Crippen LogP contribution in [0.3, 0.4) is 0 Å². The van der Waals surface area contributed by atoms with Crippen LogP contribution in [-0.4, -0.2) is 18.1 Å². The van der Waals surface area contributed by atoms with E-state index in [1.165, 1.54) is 0 Å². The van der Waals surface area contributed by atoms with Crippen molar-refractivity contribution in [1.82, 2.24) is 10.6 Å². The topological polar surface area (TPSA) is 59.6 Å². The zero-order chi connectivity index (χ0) is 18.7. The number of hydrogen-bond acceptors (Lipinski definition) is 4. The SMILES string of the molecule is COc1cc(/C=C2/NC(=S)NC2=O)ccc1OCc1ccc(Br)cc1Br. The van der Waals surface area contributed by atoms with Crippen molar-refractivity contribution >= 4 is 61.2 Å². The summed E-state index contributed by atoms with van der Waals surface area (Å²) in [5.74, 6) is 0.937. The molecule has 0 bridgehead atoms. The van der Waals surface area contributed by atoms with Crippen LogP contribution in [0.5, 0.6) is 11.5 Å². The van der Waals surface area contributed by atoms with Gasteiger partial charge in [-0.1, -0.05) is 44.0 Å². The van der Waals surface area contributed by atoms with Gasteiger partial charge in [0.1, 0.15) is 12.3 Å². The van der Waals surface area contributed by atoms with E-state index in [1.54, 1.807) is 19.3 Å². The Morgan fingerprint density at radius 1 is 1.12 bits per heavy atom. The van der Waals surface area contributed by atoms with Crippen molar-refractivity contribution in [3.8, 4) is 11.5 Å². The number of hydrogen-bond donors (Lipinski definition) is 2. The molecule has 1 aliphatic rings. The first kappa shape index (κ1) is 18.9. The Kier molecular flexibility index (Phi) is 5.95. The standard InChI is InChI=1S/C18H14Br2N2O3S/c1-24-16-7-10(6-14-17(23)22-18(26)21-14)2-5-15(16)25-9-11-3-4-12(19)8-13(11)20/h2-8H,9H2,1H3,(H2,21,22,23,26)/b14-6+. The molecule has 0 atom stereocenters. The maximum Gasteiger partial charge on any atom is 0.273 e. The van der Waals surface area contributed by atoms with Gasteiger partial charge in [0.25, 0.3) is 5.91 Å². The fraction of sp³-hybridized carbons (Fsp3) is 0.111. The van der Waals surface area contributed by atoms with Gasteiger partial charge in [0.2, 0.25) is 0 Å². The maximum absolute atomic E-state index is 11.7. The average Bonchev–Trinajstić information content (AvgIpc) is 2.92. The van der Waals surface area contributed by atoms with E-state index in [-0.39, 0.29) is 5.91 Å². The minimum atomic E-state index is -0.255. The van der Waals surface area contributed by atoms with Gasteiger partial charge in [0.15, 0.2) is 16.6 Å². The molecule has 3 rings (SSSR count). The lowest BCUT2D eigenvalue weighted by Gasteiger charge is -2.12. The van der Waals surface area contributed by atoms with Crippen LogP contribution in [0.25, 0.3) is 6.08 Å². The molecule has 2 N–H and O–H groups in total. The number of thiocarbonyl (C=S) groups is 1. The van der Waals surface area contributed by atoms with Crippen molar-refractivity contribution in [3.63, 3.8) is 0 Å². The highest BCUT2D eigenvalue weighted by molar-refractivity contribution is 9.11. The number of carbonyl (C=O) groups is 1. The molecule has 0 radical (unpaired) electrons. The molecule has 0 unspecified atom stereocenters. The number of benzene rings is 2. The van der Waals surface area contributed by atoms with Crippen molar-refractivity contribution in [3.05, 3.63) is 62.2 Å². The van der Waals surface area contributed by atoms with E-state index in [0.717, 1.165) is 20.1 Å². The van der Waals surface area contributed by atoms with Crippen LogP contribution in [0.2, 0.25) is 0 Å². The van der Waals surface area contributed by atoms with Gasteiger partial charge in [0.05, 0.1) is 7.11 Å². The molecule has 1 fully saturated rings. The van der Waals surface area contributed by atoms with E-state index < -0.39 is 0 Å². The number of ether oxygens (including phenoxy) is 2. The first-order chi connectivity index (χ1) is 12.5. The third-order valence-electron chi connectivity index (χ3n) is 3.62. The van der Waals surface area contributed by atoms with Gasteiger partial charge in [0, 0.05) is 14.5 Å². The second-order valence-electron chi connectivity index (χ2n) is 5.40. The Labute approximate surface area is 173 Å². The summed E-state index contributed by atoms with van der Waals surface area (Å²) in [5.41, 5.74) is 2.20. The number of halogens is 2. The van der Waals surface area contributed by atoms with Gasteiger partial charge in [-0.15, -0.1) is 0 Å². The van der Waals surface area contributed by atoms with Crippen molar-refractivity contribution in [2.45, 2.75) is 6.61 Å². The third kappa shape index (κ3) is 4.44. The largest absolute Gasteiger partial charge is 0.493 e. The fourth-order valence-corrected chi connectivity index (χ4v) is 3.70. The molecule has 1 saturated heterocycles. The summed E-state index contributed by atoms with van der Waals surface area (Å²) < 4.78 is 13.3. The molecule has 5 nitrogen and oxygen atoms in total. The minimum absolute atomic E-state index is 0.255. The van der Waals surface area contributed by atoms with Crippen molar-refractivity contribution in [2.75, 3.05) is 7.11 Å². The lowest BCUT2D eigenvalue weighted by Crippen LogP contribution is -2.21. The summed E-state index contributed by atoms with van der Waals surface area (Å²) in [7, 11) is 1.57. The normalized spacial score (nSPS) is 15.0.